The van der Waals surface area contributed by atoms with Gasteiger partial charge in [0.05, 0.1) is 30.0 Å². The van der Waals surface area contributed by atoms with Gasteiger partial charge in [-0.3, -0.25) is 14.6 Å². The standard InChI is InChI=1S/C23H30N4O5/c1-5-32-12-17-15(10-23(2,3)30)20-14-8-6-7-9-16(14)26-22(21(20)25-17)27-18(28)11-24-19(29)13-31-4/h6-9,15,30H,5,10-13H2,1-4H3,(H,24,29)(H,26,27,28). The second-order valence-corrected chi connectivity index (χ2v) is 8.31. The third-order valence-corrected chi connectivity index (χ3v) is 5.05. The molecule has 172 valence electrons. The zero-order valence-corrected chi connectivity index (χ0v) is 18.9. The van der Waals surface area contributed by atoms with Crippen LogP contribution in [0.25, 0.3) is 10.9 Å². The van der Waals surface area contributed by atoms with Gasteiger partial charge in [0.15, 0.2) is 5.82 Å². The van der Waals surface area contributed by atoms with Crippen molar-refractivity contribution < 1.29 is 24.2 Å². The van der Waals surface area contributed by atoms with Gasteiger partial charge in [-0.25, -0.2) is 4.98 Å². The number of ether oxygens (including phenoxy) is 2. The van der Waals surface area contributed by atoms with Crippen LogP contribution in [-0.4, -0.2) is 66.7 Å². The summed E-state index contributed by atoms with van der Waals surface area (Å²) in [4.78, 5) is 33.5. The van der Waals surface area contributed by atoms with Crippen molar-refractivity contribution in [1.29, 1.82) is 0 Å². The highest BCUT2D eigenvalue weighted by molar-refractivity contribution is 6.09. The highest BCUT2D eigenvalue weighted by atomic mass is 16.5. The molecular weight excluding hydrogens is 412 g/mol. The van der Waals surface area contributed by atoms with E-state index in [0.717, 1.165) is 16.7 Å². The minimum Gasteiger partial charge on any atom is -0.390 e. The molecule has 1 atom stereocenters. The van der Waals surface area contributed by atoms with Crippen LogP contribution in [0.2, 0.25) is 0 Å². The topological polar surface area (TPSA) is 122 Å². The predicted octanol–water partition coefficient (Wildman–Crippen LogP) is 2.30. The first kappa shape index (κ1) is 23.8. The number of pyridine rings is 1. The third-order valence-electron chi connectivity index (χ3n) is 5.05. The Morgan fingerprint density at radius 1 is 1.22 bits per heavy atom. The number of aliphatic hydroxyl groups is 1. The summed E-state index contributed by atoms with van der Waals surface area (Å²) in [6.07, 6.45) is 0.445. The van der Waals surface area contributed by atoms with Crippen molar-refractivity contribution in [1.82, 2.24) is 10.3 Å². The van der Waals surface area contributed by atoms with Crippen LogP contribution in [0, 0.1) is 0 Å². The monoisotopic (exact) mass is 442 g/mol. The van der Waals surface area contributed by atoms with Gasteiger partial charge in [0.25, 0.3) is 0 Å². The maximum absolute atomic E-state index is 12.5. The number of carbonyl (C=O) groups is 2. The minimum absolute atomic E-state index is 0.124. The lowest BCUT2D eigenvalue weighted by Crippen LogP contribution is -2.35. The molecular formula is C23H30N4O5. The second-order valence-electron chi connectivity index (χ2n) is 8.31. The summed E-state index contributed by atoms with van der Waals surface area (Å²) in [5.74, 6) is -0.674. The molecule has 1 unspecified atom stereocenters. The van der Waals surface area contributed by atoms with Gasteiger partial charge in [0.1, 0.15) is 12.3 Å². The molecule has 0 saturated heterocycles. The third kappa shape index (κ3) is 5.67. The molecule has 2 aromatic rings. The number of aliphatic imine (C=N–C) groups is 1. The molecule has 9 heteroatoms. The van der Waals surface area contributed by atoms with Gasteiger partial charge in [-0.15, -0.1) is 0 Å². The number of benzene rings is 1. The second kappa shape index (κ2) is 10.2. The van der Waals surface area contributed by atoms with Crippen LogP contribution in [0.1, 0.15) is 38.7 Å². The number of carbonyl (C=O) groups excluding carboxylic acids is 2. The number of fused-ring (bicyclic) bond motifs is 3. The Kier molecular flexibility index (Phi) is 7.55. The Hall–Kier alpha value is -2.88. The maximum atomic E-state index is 12.5. The lowest BCUT2D eigenvalue weighted by molar-refractivity contribution is -0.127. The van der Waals surface area contributed by atoms with Gasteiger partial charge in [0, 0.05) is 25.0 Å². The summed E-state index contributed by atoms with van der Waals surface area (Å²) in [6.45, 7) is 5.95. The fourth-order valence-electron chi connectivity index (χ4n) is 3.76. The predicted molar refractivity (Wildman–Crippen MR) is 123 cm³/mol. The van der Waals surface area contributed by atoms with Gasteiger partial charge in [-0.05, 0) is 38.8 Å². The number of hydrogen-bond donors (Lipinski definition) is 3. The Morgan fingerprint density at radius 3 is 2.66 bits per heavy atom. The molecule has 1 aromatic carbocycles. The van der Waals surface area contributed by atoms with Crippen molar-refractivity contribution in [3.05, 3.63) is 29.8 Å². The van der Waals surface area contributed by atoms with Gasteiger partial charge in [-0.2, -0.15) is 0 Å². The fourth-order valence-corrected chi connectivity index (χ4v) is 3.76. The van der Waals surface area contributed by atoms with Crippen LogP contribution >= 0.6 is 0 Å². The normalized spacial score (nSPS) is 15.4. The Bertz CT molecular complexity index is 1030. The number of anilines is 1. The first-order valence-corrected chi connectivity index (χ1v) is 10.6. The molecule has 2 heterocycles. The Morgan fingerprint density at radius 2 is 1.97 bits per heavy atom. The van der Waals surface area contributed by atoms with Crippen LogP contribution in [0.5, 0.6) is 0 Å². The fraction of sp³-hybridized carbons (Fsp3) is 0.478. The van der Waals surface area contributed by atoms with Crippen LogP contribution in [-0.2, 0) is 19.1 Å². The van der Waals surface area contributed by atoms with Crippen LogP contribution < -0.4 is 10.6 Å². The molecule has 0 saturated carbocycles. The summed E-state index contributed by atoms with van der Waals surface area (Å²) in [5.41, 5.74) is 2.03. The zero-order chi connectivity index (χ0) is 23.3. The summed E-state index contributed by atoms with van der Waals surface area (Å²) in [6, 6.07) is 7.64. The van der Waals surface area contributed by atoms with Crippen LogP contribution in [0.3, 0.4) is 0 Å². The number of amides is 2. The first-order valence-electron chi connectivity index (χ1n) is 10.6. The number of methoxy groups -OCH3 is 1. The smallest absolute Gasteiger partial charge is 0.246 e. The quantitative estimate of drug-likeness (QED) is 0.519. The average molecular weight is 443 g/mol. The van der Waals surface area contributed by atoms with E-state index in [2.05, 4.69) is 15.6 Å². The maximum Gasteiger partial charge on any atom is 0.246 e. The van der Waals surface area contributed by atoms with E-state index in [1.807, 2.05) is 31.2 Å². The van der Waals surface area contributed by atoms with Crippen LogP contribution in [0.15, 0.2) is 29.3 Å². The number of nitrogens with zero attached hydrogens (tertiary/aromatic N) is 2. The van der Waals surface area contributed by atoms with E-state index in [4.69, 9.17) is 14.5 Å². The van der Waals surface area contributed by atoms with E-state index in [1.54, 1.807) is 13.8 Å². The zero-order valence-electron chi connectivity index (χ0n) is 18.9. The van der Waals surface area contributed by atoms with Crippen molar-refractivity contribution in [3.8, 4) is 0 Å². The molecule has 0 spiro atoms. The van der Waals surface area contributed by atoms with Gasteiger partial charge >= 0.3 is 0 Å². The molecule has 1 aliphatic rings. The highest BCUT2D eigenvalue weighted by Crippen LogP contribution is 2.46. The van der Waals surface area contributed by atoms with Gasteiger partial charge in [-0.1, -0.05) is 18.2 Å². The Balaban J connectivity index is 1.99. The van der Waals surface area contributed by atoms with Crippen molar-refractivity contribution in [2.75, 3.05) is 38.8 Å². The molecule has 9 nitrogen and oxygen atoms in total. The molecule has 32 heavy (non-hydrogen) atoms. The van der Waals surface area contributed by atoms with Crippen molar-refractivity contribution in [3.63, 3.8) is 0 Å². The summed E-state index contributed by atoms with van der Waals surface area (Å²) in [5, 5.41) is 16.8. The number of hydrogen-bond acceptors (Lipinski definition) is 7. The summed E-state index contributed by atoms with van der Waals surface area (Å²) < 4.78 is 10.4. The van der Waals surface area contributed by atoms with Gasteiger partial charge in [0.2, 0.25) is 11.8 Å². The molecule has 0 radical (unpaired) electrons. The number of nitrogens with one attached hydrogen (secondary N) is 2. The highest BCUT2D eigenvalue weighted by Gasteiger charge is 2.35. The van der Waals surface area contributed by atoms with E-state index in [1.165, 1.54) is 7.11 Å². The lowest BCUT2D eigenvalue weighted by atomic mass is 9.84. The molecule has 0 fully saturated rings. The van der Waals surface area contributed by atoms with Crippen molar-refractivity contribution >= 4 is 39.9 Å². The van der Waals surface area contributed by atoms with Crippen molar-refractivity contribution in [2.45, 2.75) is 38.7 Å². The number of rotatable bonds is 10. The molecule has 2 amide bonds. The summed E-state index contributed by atoms with van der Waals surface area (Å²) >= 11 is 0. The lowest BCUT2D eigenvalue weighted by Gasteiger charge is -2.24. The molecule has 1 aromatic heterocycles. The van der Waals surface area contributed by atoms with E-state index in [9.17, 15) is 14.7 Å². The Labute approximate surface area is 187 Å². The van der Waals surface area contributed by atoms with Gasteiger partial charge < -0.3 is 25.2 Å². The minimum atomic E-state index is -0.932. The molecule has 3 rings (SSSR count). The van der Waals surface area contributed by atoms with Crippen molar-refractivity contribution in [2.24, 2.45) is 4.99 Å². The largest absolute Gasteiger partial charge is 0.390 e. The first-order chi connectivity index (χ1) is 15.2. The van der Waals surface area contributed by atoms with E-state index in [0.29, 0.717) is 36.7 Å². The number of para-hydroxylation sites is 1. The average Bonchev–Trinajstić information content (AvgIpc) is 3.08. The SMILES string of the molecule is CCOCC1=Nc2c(NC(=O)CNC(=O)COC)nc3ccccc3c2C1CC(C)(C)O. The number of aromatic nitrogens is 1. The van der Waals surface area contributed by atoms with Crippen LogP contribution in [0.4, 0.5) is 11.5 Å². The molecule has 3 N–H and O–H groups in total. The molecule has 0 aliphatic carbocycles. The molecule has 0 bridgehead atoms. The van der Waals surface area contributed by atoms with E-state index >= 15 is 0 Å². The van der Waals surface area contributed by atoms with E-state index < -0.39 is 11.5 Å². The summed E-state index contributed by atoms with van der Waals surface area (Å²) in [7, 11) is 1.41. The van der Waals surface area contributed by atoms with E-state index in [-0.39, 0.29) is 25.0 Å². The molecule has 1 aliphatic heterocycles.